The van der Waals surface area contributed by atoms with Crippen LogP contribution in [0.3, 0.4) is 0 Å². The number of hydrogen-bond acceptors (Lipinski definition) is 8. The maximum Gasteiger partial charge on any atom is 0.164 e. The minimum atomic E-state index is -0.722. The van der Waals surface area contributed by atoms with E-state index in [1.807, 2.05) is 54.9 Å². The number of nitrogens with zero attached hydrogens (tertiary/aromatic N) is 4. The normalized spacial score (nSPS) is 25.4. The van der Waals surface area contributed by atoms with Gasteiger partial charge in [0.15, 0.2) is 12.0 Å². The van der Waals surface area contributed by atoms with Crippen LogP contribution in [0.4, 0.5) is 5.82 Å². The molecule has 0 aliphatic carbocycles. The summed E-state index contributed by atoms with van der Waals surface area (Å²) in [4.78, 5) is 13.4. The minimum absolute atomic E-state index is 0.287. The lowest BCUT2D eigenvalue weighted by Gasteiger charge is -2.25. The molecular weight excluding hydrogens is 514 g/mol. The van der Waals surface area contributed by atoms with Gasteiger partial charge in [-0.2, -0.15) is 0 Å². The third-order valence-electron chi connectivity index (χ3n) is 6.51. The van der Waals surface area contributed by atoms with Gasteiger partial charge >= 0.3 is 0 Å². The molecule has 1 aromatic carbocycles. The van der Waals surface area contributed by atoms with Gasteiger partial charge in [0.25, 0.3) is 0 Å². The monoisotopic (exact) mass is 539 g/mol. The number of aromatic nitrogens is 4. The van der Waals surface area contributed by atoms with E-state index in [0.29, 0.717) is 18.2 Å². The lowest BCUT2D eigenvalue weighted by Crippen LogP contribution is -2.33. The highest BCUT2D eigenvalue weighted by molar-refractivity contribution is 9.10. The van der Waals surface area contributed by atoms with E-state index < -0.39 is 12.0 Å². The van der Waals surface area contributed by atoms with Crippen molar-refractivity contribution in [1.82, 2.24) is 19.5 Å². The molecule has 0 amide bonds. The summed E-state index contributed by atoms with van der Waals surface area (Å²) in [7, 11) is 0. The van der Waals surface area contributed by atoms with E-state index in [0.717, 1.165) is 38.5 Å². The van der Waals surface area contributed by atoms with E-state index in [1.165, 1.54) is 0 Å². The lowest BCUT2D eigenvalue weighted by atomic mass is 10.1. The summed E-state index contributed by atoms with van der Waals surface area (Å²) in [5.74, 6) is 0.396. The Kier molecular flexibility index (Phi) is 5.44. The Morgan fingerprint density at radius 1 is 1.14 bits per heavy atom. The molecule has 2 saturated heterocycles. The van der Waals surface area contributed by atoms with Crippen LogP contribution in [0.15, 0.2) is 47.3 Å². The highest BCUT2D eigenvalue weighted by Crippen LogP contribution is 2.44. The average molecular weight is 540 g/mol. The molecule has 0 saturated carbocycles. The van der Waals surface area contributed by atoms with Gasteiger partial charge in [-0.05, 0) is 60.5 Å². The first-order valence-electron chi connectivity index (χ1n) is 11.6. The largest absolute Gasteiger partial charge is 0.491 e. The van der Waals surface area contributed by atoms with Gasteiger partial charge in [-0.3, -0.25) is 0 Å². The zero-order valence-electron chi connectivity index (χ0n) is 19.6. The van der Waals surface area contributed by atoms with E-state index in [-0.39, 0.29) is 18.3 Å². The van der Waals surface area contributed by atoms with Crippen LogP contribution in [0, 0.1) is 0 Å². The van der Waals surface area contributed by atoms with Gasteiger partial charge < -0.3 is 29.2 Å². The van der Waals surface area contributed by atoms with Crippen LogP contribution in [0.1, 0.15) is 32.7 Å². The predicted octanol–water partition coefficient (Wildman–Crippen LogP) is 4.38. The van der Waals surface area contributed by atoms with Crippen molar-refractivity contribution in [2.75, 3.05) is 12.3 Å². The molecule has 6 rings (SSSR count). The number of nitrogen functional groups attached to an aromatic ring is 1. The van der Waals surface area contributed by atoms with Crippen LogP contribution in [0.25, 0.3) is 21.9 Å². The number of aryl methyl sites for hydroxylation is 1. The van der Waals surface area contributed by atoms with Crippen molar-refractivity contribution in [2.45, 2.75) is 57.5 Å². The zero-order valence-corrected chi connectivity index (χ0v) is 21.2. The summed E-state index contributed by atoms with van der Waals surface area (Å²) in [6.45, 7) is 6.22. The number of nitrogens with two attached hydrogens (primary N) is 1. The number of rotatable bonds is 5. The molecule has 9 nitrogen and oxygen atoms in total. The molecule has 2 N–H and O–H groups in total. The summed E-state index contributed by atoms with van der Waals surface area (Å²) >= 11 is 3.42. The van der Waals surface area contributed by atoms with Crippen molar-refractivity contribution in [3.63, 3.8) is 0 Å². The molecule has 10 heteroatoms. The van der Waals surface area contributed by atoms with Gasteiger partial charge in [0, 0.05) is 23.0 Å². The Morgan fingerprint density at radius 2 is 1.97 bits per heavy atom. The molecule has 4 aromatic rings. The lowest BCUT2D eigenvalue weighted by molar-refractivity contribution is -0.198. The Morgan fingerprint density at radius 3 is 2.80 bits per heavy atom. The Bertz CT molecular complexity index is 1420. The summed E-state index contributed by atoms with van der Waals surface area (Å²) in [5, 5.41) is 1.99. The van der Waals surface area contributed by atoms with Crippen LogP contribution in [0.2, 0.25) is 0 Å². The molecule has 0 radical (unpaired) electrons. The number of benzene rings is 1. The van der Waals surface area contributed by atoms with Crippen LogP contribution >= 0.6 is 15.9 Å². The van der Waals surface area contributed by atoms with Gasteiger partial charge in [-0.25, -0.2) is 15.0 Å². The Hall–Kier alpha value is -2.79. The van der Waals surface area contributed by atoms with Crippen molar-refractivity contribution in [2.24, 2.45) is 0 Å². The average Bonchev–Trinajstić information content (AvgIpc) is 3.49. The Balaban J connectivity index is 1.27. The maximum atomic E-state index is 6.48. The van der Waals surface area contributed by atoms with Crippen molar-refractivity contribution in [1.29, 1.82) is 0 Å². The van der Waals surface area contributed by atoms with Gasteiger partial charge in [-0.15, -0.1) is 0 Å². The molecule has 3 aromatic heterocycles. The summed E-state index contributed by atoms with van der Waals surface area (Å²) in [5.41, 5.74) is 8.54. The Labute approximate surface area is 210 Å². The summed E-state index contributed by atoms with van der Waals surface area (Å²) in [6.07, 6.45) is 3.08. The quantitative estimate of drug-likeness (QED) is 0.398. The molecule has 0 bridgehead atoms. The second-order valence-electron chi connectivity index (χ2n) is 9.29. The number of ether oxygens (including phenoxy) is 4. The van der Waals surface area contributed by atoms with Gasteiger partial charge in [0.1, 0.15) is 48.5 Å². The SMILES string of the molecule is CCc1ncnc2c1ccn2[C@@H]1O[C@H](COc2ccc3cc(Br)c(N)nc3c2)[C@H]2OC(C)(C)O[C@H]21. The van der Waals surface area contributed by atoms with E-state index in [4.69, 9.17) is 24.7 Å². The molecule has 4 atom stereocenters. The fourth-order valence-corrected chi connectivity index (χ4v) is 5.27. The first kappa shape index (κ1) is 22.7. The predicted molar refractivity (Wildman–Crippen MR) is 134 cm³/mol. The highest BCUT2D eigenvalue weighted by Gasteiger charge is 2.56. The fraction of sp³-hybridized carbons (Fsp3) is 0.400. The second kappa shape index (κ2) is 8.41. The van der Waals surface area contributed by atoms with E-state index in [9.17, 15) is 0 Å². The van der Waals surface area contributed by atoms with E-state index in [1.54, 1.807) is 6.33 Å². The number of anilines is 1. The van der Waals surface area contributed by atoms with Crippen molar-refractivity contribution in [3.8, 4) is 5.75 Å². The molecule has 5 heterocycles. The van der Waals surface area contributed by atoms with E-state index in [2.05, 4.69) is 37.8 Å². The molecule has 2 aliphatic heterocycles. The molecule has 182 valence electrons. The topological polar surface area (TPSA) is 107 Å². The van der Waals surface area contributed by atoms with Crippen LogP contribution in [-0.4, -0.2) is 50.2 Å². The smallest absolute Gasteiger partial charge is 0.164 e. The first-order chi connectivity index (χ1) is 16.8. The summed E-state index contributed by atoms with van der Waals surface area (Å²) in [6, 6.07) is 9.72. The van der Waals surface area contributed by atoms with Crippen LogP contribution in [0.5, 0.6) is 5.75 Å². The molecule has 35 heavy (non-hydrogen) atoms. The molecule has 2 fully saturated rings. The van der Waals surface area contributed by atoms with Crippen molar-refractivity contribution >= 4 is 43.7 Å². The molecule has 0 unspecified atom stereocenters. The second-order valence-corrected chi connectivity index (χ2v) is 10.1. The first-order valence-corrected chi connectivity index (χ1v) is 12.4. The van der Waals surface area contributed by atoms with Crippen LogP contribution in [-0.2, 0) is 20.6 Å². The third kappa shape index (κ3) is 3.94. The molecule has 0 spiro atoms. The standard InChI is InChI=1S/C25H26BrN5O4/c1-4-17-15-7-8-31(23(15)29-12-28-17)24-21-20(34-25(2,3)35-21)19(33-24)11-32-14-6-5-13-9-16(26)22(27)30-18(13)10-14/h5-10,12,19-21,24H,4,11H2,1-3H3,(H2,27,30)/t19-,20-,21-,24-/m1/s1. The fourth-order valence-electron chi connectivity index (χ4n) is 4.93. The van der Waals surface area contributed by atoms with Crippen molar-refractivity contribution in [3.05, 3.63) is 53.0 Å². The van der Waals surface area contributed by atoms with E-state index >= 15 is 0 Å². The summed E-state index contributed by atoms with van der Waals surface area (Å²) < 4.78 is 27.9. The number of fused-ring (bicyclic) bond motifs is 3. The number of hydrogen-bond donors (Lipinski definition) is 1. The molecule has 2 aliphatic rings. The van der Waals surface area contributed by atoms with Gasteiger partial charge in [-0.1, -0.05) is 6.92 Å². The maximum absolute atomic E-state index is 6.48. The molecular formula is C25H26BrN5O4. The van der Waals surface area contributed by atoms with Crippen LogP contribution < -0.4 is 10.5 Å². The number of halogens is 1. The minimum Gasteiger partial charge on any atom is -0.491 e. The van der Waals surface area contributed by atoms with Crippen molar-refractivity contribution < 1.29 is 18.9 Å². The number of pyridine rings is 1. The third-order valence-corrected chi connectivity index (χ3v) is 7.15. The van der Waals surface area contributed by atoms with Gasteiger partial charge in [0.2, 0.25) is 0 Å². The zero-order chi connectivity index (χ0) is 24.3. The highest BCUT2D eigenvalue weighted by atomic mass is 79.9. The van der Waals surface area contributed by atoms with Gasteiger partial charge in [0.05, 0.1) is 15.7 Å².